The highest BCUT2D eigenvalue weighted by Crippen LogP contribution is 2.18. The molecule has 0 aliphatic carbocycles. The molecule has 2 unspecified atom stereocenters. The first kappa shape index (κ1) is 18.1. The quantitative estimate of drug-likeness (QED) is 0.748. The number of aliphatic hydroxyl groups is 1. The lowest BCUT2D eigenvalue weighted by molar-refractivity contribution is 0.172. The maximum atomic E-state index is 12.0. The molecule has 0 fully saturated rings. The number of nitrogens with one attached hydrogen (secondary N) is 2. The summed E-state index contributed by atoms with van der Waals surface area (Å²) in [5.74, 6) is 0.715. The first-order valence-corrected chi connectivity index (χ1v) is 7.99. The van der Waals surface area contributed by atoms with Crippen LogP contribution in [0, 0.1) is 0 Å². The number of methoxy groups -OCH3 is 1. The third kappa shape index (κ3) is 5.15. The van der Waals surface area contributed by atoms with Gasteiger partial charge in [0.1, 0.15) is 5.75 Å². The predicted octanol–water partition coefficient (Wildman–Crippen LogP) is 3.44. The first-order valence-electron chi connectivity index (χ1n) is 7.61. The molecule has 0 bridgehead atoms. The van der Waals surface area contributed by atoms with Crippen molar-refractivity contribution in [3.63, 3.8) is 0 Å². The number of benzene rings is 2. The molecule has 0 aliphatic rings. The number of hydrogen-bond acceptors (Lipinski definition) is 3. The smallest absolute Gasteiger partial charge is 0.315 e. The van der Waals surface area contributed by atoms with Crippen LogP contribution in [0.3, 0.4) is 0 Å². The zero-order valence-corrected chi connectivity index (χ0v) is 14.4. The fourth-order valence-electron chi connectivity index (χ4n) is 2.24. The van der Waals surface area contributed by atoms with Crippen molar-refractivity contribution in [2.75, 3.05) is 13.7 Å². The van der Waals surface area contributed by atoms with Crippen molar-refractivity contribution in [2.45, 2.75) is 19.1 Å². The molecule has 2 aromatic rings. The summed E-state index contributed by atoms with van der Waals surface area (Å²) < 4.78 is 5.07. The Balaban J connectivity index is 1.83. The minimum Gasteiger partial charge on any atom is -0.497 e. The average Bonchev–Trinajstić information content (AvgIpc) is 2.59. The lowest BCUT2D eigenvalue weighted by atomic mass is 10.1. The van der Waals surface area contributed by atoms with Gasteiger partial charge >= 0.3 is 6.03 Å². The Kier molecular flexibility index (Phi) is 6.46. The Hall–Kier alpha value is -2.24. The lowest BCUT2D eigenvalue weighted by Gasteiger charge is -2.17. The molecule has 24 heavy (non-hydrogen) atoms. The average molecular weight is 349 g/mol. The van der Waals surface area contributed by atoms with Crippen LogP contribution in [0.15, 0.2) is 48.5 Å². The Morgan fingerprint density at radius 3 is 2.54 bits per heavy atom. The number of carbonyl (C=O) groups is 1. The van der Waals surface area contributed by atoms with Gasteiger partial charge in [0.05, 0.1) is 19.3 Å². The molecule has 6 heteroatoms. The van der Waals surface area contributed by atoms with Crippen LogP contribution < -0.4 is 15.4 Å². The van der Waals surface area contributed by atoms with Crippen LogP contribution in [0.1, 0.15) is 30.2 Å². The highest BCUT2D eigenvalue weighted by molar-refractivity contribution is 6.30. The Morgan fingerprint density at radius 1 is 1.21 bits per heavy atom. The molecule has 0 heterocycles. The van der Waals surface area contributed by atoms with Crippen LogP contribution in [0.4, 0.5) is 4.79 Å². The number of hydrogen-bond donors (Lipinski definition) is 3. The fraction of sp³-hybridized carbons (Fsp3) is 0.278. The van der Waals surface area contributed by atoms with E-state index < -0.39 is 6.10 Å². The van der Waals surface area contributed by atoms with Crippen molar-refractivity contribution in [1.29, 1.82) is 0 Å². The molecule has 5 nitrogen and oxygen atoms in total. The minimum atomic E-state index is -0.789. The summed E-state index contributed by atoms with van der Waals surface area (Å²) >= 11 is 5.95. The molecular formula is C18H21ClN2O3. The third-order valence-electron chi connectivity index (χ3n) is 3.65. The number of ether oxygens (including phenoxy) is 1. The van der Waals surface area contributed by atoms with Crippen LogP contribution in [0.25, 0.3) is 0 Å². The number of urea groups is 1. The molecule has 0 spiro atoms. The van der Waals surface area contributed by atoms with Gasteiger partial charge in [-0.25, -0.2) is 4.79 Å². The summed E-state index contributed by atoms with van der Waals surface area (Å²) in [6.07, 6.45) is -0.789. The topological polar surface area (TPSA) is 70.6 Å². The zero-order valence-electron chi connectivity index (χ0n) is 13.6. The molecule has 0 radical (unpaired) electrons. The minimum absolute atomic E-state index is 0.112. The monoisotopic (exact) mass is 348 g/mol. The first-order chi connectivity index (χ1) is 11.5. The standard InChI is InChI=1S/C18H21ClN2O3/c1-12(14-4-3-5-15(19)10-14)21-18(23)20-11-17(22)13-6-8-16(24-2)9-7-13/h3-10,12,17,22H,11H2,1-2H3,(H2,20,21,23). The van der Waals surface area contributed by atoms with Crippen LogP contribution in [0.5, 0.6) is 5.75 Å². The number of aliphatic hydroxyl groups excluding tert-OH is 1. The van der Waals surface area contributed by atoms with Gasteiger partial charge in [0.2, 0.25) is 0 Å². The number of carbonyl (C=O) groups excluding carboxylic acids is 1. The maximum Gasteiger partial charge on any atom is 0.315 e. The third-order valence-corrected chi connectivity index (χ3v) is 3.89. The molecule has 0 aromatic heterocycles. The van der Waals surface area contributed by atoms with Crippen molar-refractivity contribution in [3.8, 4) is 5.75 Å². The molecule has 2 amide bonds. The van der Waals surface area contributed by atoms with E-state index in [1.807, 2.05) is 19.1 Å². The van der Waals surface area contributed by atoms with Gasteiger partial charge in [0.25, 0.3) is 0 Å². The van der Waals surface area contributed by atoms with Crippen LogP contribution in [0.2, 0.25) is 5.02 Å². The number of rotatable bonds is 6. The predicted molar refractivity (Wildman–Crippen MR) is 94.4 cm³/mol. The van der Waals surface area contributed by atoms with Crippen LogP contribution >= 0.6 is 11.6 Å². The molecule has 3 N–H and O–H groups in total. The second-order valence-electron chi connectivity index (χ2n) is 5.42. The lowest BCUT2D eigenvalue weighted by Crippen LogP contribution is -2.39. The van der Waals surface area contributed by atoms with Gasteiger partial charge in [-0.2, -0.15) is 0 Å². The summed E-state index contributed by atoms with van der Waals surface area (Å²) in [6.45, 7) is 1.98. The van der Waals surface area contributed by atoms with E-state index in [-0.39, 0.29) is 18.6 Å². The van der Waals surface area contributed by atoms with Crippen molar-refractivity contribution in [2.24, 2.45) is 0 Å². The molecule has 128 valence electrons. The molecule has 0 saturated carbocycles. The van der Waals surface area contributed by atoms with Gasteiger partial charge in [-0.15, -0.1) is 0 Å². The van der Waals surface area contributed by atoms with Gasteiger partial charge < -0.3 is 20.5 Å². The molecule has 2 rings (SSSR count). The van der Waals surface area contributed by atoms with E-state index in [2.05, 4.69) is 10.6 Å². The van der Waals surface area contributed by atoms with E-state index in [1.54, 1.807) is 43.5 Å². The molecule has 2 atom stereocenters. The molecule has 2 aromatic carbocycles. The van der Waals surface area contributed by atoms with Crippen molar-refractivity contribution < 1.29 is 14.6 Å². The Bertz CT molecular complexity index is 676. The van der Waals surface area contributed by atoms with Crippen LogP contribution in [-0.4, -0.2) is 24.8 Å². The second kappa shape index (κ2) is 8.57. The van der Waals surface area contributed by atoms with E-state index in [0.29, 0.717) is 16.3 Å². The molecule has 0 saturated heterocycles. The highest BCUT2D eigenvalue weighted by Gasteiger charge is 2.12. The summed E-state index contributed by atoms with van der Waals surface area (Å²) in [6, 6.07) is 13.8. The van der Waals surface area contributed by atoms with Crippen molar-refractivity contribution >= 4 is 17.6 Å². The van der Waals surface area contributed by atoms with Gasteiger partial charge in [0.15, 0.2) is 0 Å². The Morgan fingerprint density at radius 2 is 1.92 bits per heavy atom. The maximum absolute atomic E-state index is 12.0. The summed E-state index contributed by atoms with van der Waals surface area (Å²) in [5.41, 5.74) is 1.62. The molecule has 0 aliphatic heterocycles. The largest absolute Gasteiger partial charge is 0.497 e. The highest BCUT2D eigenvalue weighted by atomic mass is 35.5. The Labute approximate surface area is 146 Å². The normalized spacial score (nSPS) is 13.0. The summed E-state index contributed by atoms with van der Waals surface area (Å²) in [5, 5.41) is 16.2. The van der Waals surface area contributed by atoms with E-state index in [0.717, 1.165) is 5.56 Å². The SMILES string of the molecule is COc1ccc(C(O)CNC(=O)NC(C)c2cccc(Cl)c2)cc1. The summed E-state index contributed by atoms with van der Waals surface area (Å²) in [7, 11) is 1.58. The number of amides is 2. The fourth-order valence-corrected chi connectivity index (χ4v) is 2.44. The van der Waals surface area contributed by atoms with E-state index in [4.69, 9.17) is 16.3 Å². The number of halogens is 1. The van der Waals surface area contributed by atoms with Gasteiger partial charge in [0, 0.05) is 11.6 Å². The van der Waals surface area contributed by atoms with Gasteiger partial charge in [-0.1, -0.05) is 35.9 Å². The van der Waals surface area contributed by atoms with E-state index >= 15 is 0 Å². The van der Waals surface area contributed by atoms with Gasteiger partial charge in [-0.3, -0.25) is 0 Å². The van der Waals surface area contributed by atoms with Crippen molar-refractivity contribution in [3.05, 3.63) is 64.7 Å². The van der Waals surface area contributed by atoms with Crippen LogP contribution in [-0.2, 0) is 0 Å². The van der Waals surface area contributed by atoms with E-state index in [1.165, 1.54) is 0 Å². The summed E-state index contributed by atoms with van der Waals surface area (Å²) in [4.78, 5) is 12.0. The van der Waals surface area contributed by atoms with E-state index in [9.17, 15) is 9.90 Å². The van der Waals surface area contributed by atoms with Gasteiger partial charge in [-0.05, 0) is 42.3 Å². The second-order valence-corrected chi connectivity index (χ2v) is 5.86. The zero-order chi connectivity index (χ0) is 17.5. The van der Waals surface area contributed by atoms with Crippen molar-refractivity contribution in [1.82, 2.24) is 10.6 Å². The molecular weight excluding hydrogens is 328 g/mol.